The summed E-state index contributed by atoms with van der Waals surface area (Å²) in [6.45, 7) is 6.94. The normalized spacial score (nSPS) is 34.2. The van der Waals surface area contributed by atoms with E-state index in [4.69, 9.17) is 4.84 Å². The minimum absolute atomic E-state index is 0.223. The molecular formula is C32H36N2O2. The zero-order chi connectivity index (χ0) is 24.9. The predicted octanol–water partition coefficient (Wildman–Crippen LogP) is 7.56. The first-order valence-corrected chi connectivity index (χ1v) is 13.6. The van der Waals surface area contributed by atoms with E-state index >= 15 is 0 Å². The SMILES string of the molecule is Cc1ccccc1C(=O)ON=C1C=C2CC[C@H]3[C@H](CC[C@]4(C)C(c5cccnc5)=CC[C@@H]34)[C@@]2(C)CC1. The van der Waals surface area contributed by atoms with Crippen LogP contribution in [-0.2, 0) is 4.84 Å². The summed E-state index contributed by atoms with van der Waals surface area (Å²) in [5.74, 6) is 1.82. The van der Waals surface area contributed by atoms with E-state index in [0.29, 0.717) is 11.5 Å². The van der Waals surface area contributed by atoms with Gasteiger partial charge in [0.25, 0.3) is 0 Å². The molecule has 4 aliphatic carbocycles. The second-order valence-corrected chi connectivity index (χ2v) is 11.8. The van der Waals surface area contributed by atoms with Crippen LogP contribution >= 0.6 is 0 Å². The topological polar surface area (TPSA) is 51.5 Å². The summed E-state index contributed by atoms with van der Waals surface area (Å²) in [6, 6.07) is 11.8. The largest absolute Gasteiger partial charge is 0.365 e. The summed E-state index contributed by atoms with van der Waals surface area (Å²) in [7, 11) is 0. The van der Waals surface area contributed by atoms with Crippen LogP contribution in [0.15, 0.2) is 71.7 Å². The number of carbonyl (C=O) groups excluding carboxylic acids is 1. The molecule has 2 saturated carbocycles. The maximum absolute atomic E-state index is 12.5. The van der Waals surface area contributed by atoms with Gasteiger partial charge in [0.1, 0.15) is 0 Å². The average Bonchev–Trinajstić information content (AvgIpc) is 3.25. The van der Waals surface area contributed by atoms with Crippen molar-refractivity contribution in [1.29, 1.82) is 0 Å². The van der Waals surface area contributed by atoms with E-state index in [0.717, 1.165) is 42.4 Å². The highest BCUT2D eigenvalue weighted by Gasteiger charge is 2.57. The molecule has 0 N–H and O–H groups in total. The molecule has 0 unspecified atom stereocenters. The molecule has 0 radical (unpaired) electrons. The Morgan fingerprint density at radius 2 is 1.89 bits per heavy atom. The zero-order valence-corrected chi connectivity index (χ0v) is 21.7. The fourth-order valence-corrected chi connectivity index (χ4v) is 8.13. The number of hydrogen-bond donors (Lipinski definition) is 0. The van der Waals surface area contributed by atoms with Gasteiger partial charge in [-0.05, 0) is 115 Å². The molecule has 4 heteroatoms. The molecule has 0 aliphatic heterocycles. The zero-order valence-electron chi connectivity index (χ0n) is 21.7. The summed E-state index contributed by atoms with van der Waals surface area (Å²) in [5.41, 5.74) is 7.23. The third-order valence-electron chi connectivity index (χ3n) is 10.1. The number of oxime groups is 1. The molecule has 1 heterocycles. The van der Waals surface area contributed by atoms with Gasteiger partial charge >= 0.3 is 5.97 Å². The average molecular weight is 481 g/mol. The number of aromatic nitrogens is 1. The van der Waals surface area contributed by atoms with Crippen LogP contribution in [0, 0.1) is 35.5 Å². The standard InChI is InChI=1S/C32H36N2O2/c1-21-7-4-5-9-25(21)30(35)36-34-24-14-16-31(2)23(19-24)10-11-26-28-13-12-27(22-8-6-18-33-20-22)32(28,3)17-15-29(26)31/h4-9,12,18-20,26,28-29H,10-11,13-17H2,1-3H3/t26-,28+,29+,31+,32-/m1/s1. The van der Waals surface area contributed by atoms with Crippen molar-refractivity contribution in [2.24, 2.45) is 33.7 Å². The fourth-order valence-electron chi connectivity index (χ4n) is 8.13. The van der Waals surface area contributed by atoms with E-state index in [9.17, 15) is 4.79 Å². The minimum atomic E-state index is -0.374. The van der Waals surface area contributed by atoms with Gasteiger partial charge in [0.2, 0.25) is 0 Å². The summed E-state index contributed by atoms with van der Waals surface area (Å²) >= 11 is 0. The van der Waals surface area contributed by atoms with Crippen molar-refractivity contribution in [3.63, 3.8) is 0 Å². The summed E-state index contributed by atoms with van der Waals surface area (Å²) in [6.07, 6.45) is 16.7. The number of aryl methyl sites for hydroxylation is 1. The van der Waals surface area contributed by atoms with Gasteiger partial charge < -0.3 is 4.84 Å². The van der Waals surface area contributed by atoms with Crippen molar-refractivity contribution in [1.82, 2.24) is 4.98 Å². The third kappa shape index (κ3) is 3.68. The molecule has 0 spiro atoms. The van der Waals surface area contributed by atoms with Crippen LogP contribution in [0.3, 0.4) is 0 Å². The Kier molecular flexibility index (Phi) is 5.74. The van der Waals surface area contributed by atoms with Crippen molar-refractivity contribution < 1.29 is 9.63 Å². The molecule has 0 amide bonds. The third-order valence-corrected chi connectivity index (χ3v) is 10.1. The van der Waals surface area contributed by atoms with Gasteiger partial charge in [0.15, 0.2) is 0 Å². The van der Waals surface area contributed by atoms with Crippen LogP contribution in [-0.4, -0.2) is 16.7 Å². The Morgan fingerprint density at radius 3 is 2.69 bits per heavy atom. The van der Waals surface area contributed by atoms with Crippen LogP contribution in [0.25, 0.3) is 5.57 Å². The smallest absolute Gasteiger partial charge is 0.313 e. The molecule has 6 rings (SSSR count). The number of benzene rings is 1. The fraction of sp³-hybridized carbons (Fsp3) is 0.469. The first kappa shape index (κ1) is 23.4. The van der Waals surface area contributed by atoms with Crippen LogP contribution in [0.2, 0.25) is 0 Å². The van der Waals surface area contributed by atoms with Crippen LogP contribution in [0.1, 0.15) is 80.3 Å². The van der Waals surface area contributed by atoms with Gasteiger partial charge in [-0.2, -0.15) is 0 Å². The van der Waals surface area contributed by atoms with E-state index < -0.39 is 0 Å². The summed E-state index contributed by atoms with van der Waals surface area (Å²) in [5, 5.41) is 4.31. The molecular weight excluding hydrogens is 444 g/mol. The molecule has 36 heavy (non-hydrogen) atoms. The highest BCUT2D eigenvalue weighted by molar-refractivity contribution is 5.97. The maximum atomic E-state index is 12.5. The van der Waals surface area contributed by atoms with Crippen molar-refractivity contribution in [3.05, 3.63) is 83.2 Å². The predicted molar refractivity (Wildman–Crippen MR) is 143 cm³/mol. The second kappa shape index (κ2) is 8.83. The number of hydrogen-bond acceptors (Lipinski definition) is 4. The van der Waals surface area contributed by atoms with E-state index in [1.54, 1.807) is 6.07 Å². The maximum Gasteiger partial charge on any atom is 0.365 e. The molecule has 1 aromatic heterocycles. The van der Waals surface area contributed by atoms with Gasteiger partial charge in [0.05, 0.1) is 11.3 Å². The first-order valence-electron chi connectivity index (χ1n) is 13.6. The molecule has 4 aliphatic rings. The Bertz CT molecular complexity index is 1280. The van der Waals surface area contributed by atoms with Gasteiger partial charge in [-0.15, -0.1) is 0 Å². The lowest BCUT2D eigenvalue weighted by Crippen LogP contribution is -2.49. The molecule has 5 atom stereocenters. The lowest BCUT2D eigenvalue weighted by molar-refractivity contribution is -0.0191. The van der Waals surface area contributed by atoms with E-state index in [2.05, 4.69) is 48.3 Å². The molecule has 4 nitrogen and oxygen atoms in total. The molecule has 0 bridgehead atoms. The van der Waals surface area contributed by atoms with E-state index in [-0.39, 0.29) is 16.8 Å². The van der Waals surface area contributed by atoms with E-state index in [1.807, 2.05) is 37.5 Å². The van der Waals surface area contributed by atoms with E-state index in [1.165, 1.54) is 42.4 Å². The lowest BCUT2D eigenvalue weighted by Gasteiger charge is -2.58. The number of pyridine rings is 1. The summed E-state index contributed by atoms with van der Waals surface area (Å²) < 4.78 is 0. The van der Waals surface area contributed by atoms with Gasteiger partial charge in [-0.1, -0.05) is 54.9 Å². The van der Waals surface area contributed by atoms with Crippen molar-refractivity contribution in [3.8, 4) is 0 Å². The molecule has 2 fully saturated rings. The van der Waals surface area contributed by atoms with Gasteiger partial charge in [0, 0.05) is 12.4 Å². The van der Waals surface area contributed by atoms with Crippen LogP contribution in [0.4, 0.5) is 0 Å². The lowest BCUT2D eigenvalue weighted by atomic mass is 9.46. The number of fused-ring (bicyclic) bond motifs is 5. The Morgan fingerprint density at radius 1 is 1.03 bits per heavy atom. The molecule has 1 aromatic carbocycles. The Hall–Kier alpha value is -3.01. The highest BCUT2D eigenvalue weighted by Crippen LogP contribution is 2.66. The monoisotopic (exact) mass is 480 g/mol. The number of carbonyl (C=O) groups is 1. The second-order valence-electron chi connectivity index (χ2n) is 11.8. The van der Waals surface area contributed by atoms with Crippen LogP contribution in [0.5, 0.6) is 0 Å². The van der Waals surface area contributed by atoms with Gasteiger partial charge in [-0.3, -0.25) is 4.98 Å². The van der Waals surface area contributed by atoms with Crippen molar-refractivity contribution in [2.75, 3.05) is 0 Å². The highest BCUT2D eigenvalue weighted by atomic mass is 16.7. The molecule has 186 valence electrons. The molecule has 2 aromatic rings. The minimum Gasteiger partial charge on any atom is -0.313 e. The quantitative estimate of drug-likeness (QED) is 0.336. The Labute approximate surface area is 214 Å². The first-order chi connectivity index (χ1) is 17.4. The van der Waals surface area contributed by atoms with Gasteiger partial charge in [-0.25, -0.2) is 4.79 Å². The molecule has 0 saturated heterocycles. The summed E-state index contributed by atoms with van der Waals surface area (Å²) in [4.78, 5) is 22.3. The van der Waals surface area contributed by atoms with Crippen molar-refractivity contribution in [2.45, 2.75) is 65.7 Å². The van der Waals surface area contributed by atoms with Crippen LogP contribution < -0.4 is 0 Å². The number of rotatable bonds is 3. The Balaban J connectivity index is 1.20. The number of nitrogens with zero attached hydrogens (tertiary/aromatic N) is 2. The number of allylic oxidation sites excluding steroid dienone is 4. The van der Waals surface area contributed by atoms with Crippen molar-refractivity contribution >= 4 is 17.3 Å².